The number of aromatic nitrogens is 3. The van der Waals surface area contributed by atoms with Crippen LogP contribution in [-0.4, -0.2) is 51.4 Å². The zero-order chi connectivity index (χ0) is 23.0. The second-order valence-electron chi connectivity index (χ2n) is 8.90. The Labute approximate surface area is 184 Å². The summed E-state index contributed by atoms with van der Waals surface area (Å²) in [6, 6.07) is 3.03. The van der Waals surface area contributed by atoms with Crippen LogP contribution in [-0.2, 0) is 11.0 Å². The summed E-state index contributed by atoms with van der Waals surface area (Å²) in [4.78, 5) is 27.1. The van der Waals surface area contributed by atoms with Gasteiger partial charge in [-0.3, -0.25) is 4.79 Å². The Hall–Kier alpha value is -2.91. The minimum atomic E-state index is -4.54. The molecule has 1 aliphatic carbocycles. The number of nitrogens with two attached hydrogens (primary N) is 1. The molecule has 32 heavy (non-hydrogen) atoms. The van der Waals surface area contributed by atoms with Crippen LogP contribution in [0.15, 0.2) is 24.5 Å². The number of nitrogens with zero attached hydrogens (tertiary/aromatic N) is 5. The van der Waals surface area contributed by atoms with E-state index in [1.54, 1.807) is 19.2 Å². The Kier molecular flexibility index (Phi) is 5.96. The first-order valence-electron chi connectivity index (χ1n) is 10.8. The molecule has 1 amide bonds. The van der Waals surface area contributed by atoms with Crippen molar-refractivity contribution in [2.75, 3.05) is 30.3 Å². The Bertz CT molecular complexity index is 992. The van der Waals surface area contributed by atoms with Crippen LogP contribution in [0.25, 0.3) is 11.3 Å². The lowest BCUT2D eigenvalue weighted by Gasteiger charge is -2.25. The first-order valence-corrected chi connectivity index (χ1v) is 10.8. The fourth-order valence-electron chi connectivity index (χ4n) is 4.49. The van der Waals surface area contributed by atoms with Crippen molar-refractivity contribution in [1.29, 1.82) is 0 Å². The van der Waals surface area contributed by atoms with Gasteiger partial charge in [-0.2, -0.15) is 13.2 Å². The highest BCUT2D eigenvalue weighted by Gasteiger charge is 2.43. The second-order valence-corrected chi connectivity index (χ2v) is 8.90. The minimum absolute atomic E-state index is 0.222. The number of pyridine rings is 1. The number of amides is 1. The second kappa shape index (κ2) is 8.55. The summed E-state index contributed by atoms with van der Waals surface area (Å²) in [5.74, 6) is 1.67. The summed E-state index contributed by atoms with van der Waals surface area (Å²) >= 11 is 0. The molecular formula is C22H27F3N6O. The van der Waals surface area contributed by atoms with E-state index in [2.05, 4.69) is 26.8 Å². The van der Waals surface area contributed by atoms with Gasteiger partial charge in [0.1, 0.15) is 5.82 Å². The molecule has 2 N–H and O–H groups in total. The summed E-state index contributed by atoms with van der Waals surface area (Å²) in [6.45, 7) is 6.68. The van der Waals surface area contributed by atoms with E-state index in [9.17, 15) is 18.0 Å². The molecule has 0 radical (unpaired) electrons. The van der Waals surface area contributed by atoms with E-state index >= 15 is 0 Å². The van der Waals surface area contributed by atoms with Crippen LogP contribution >= 0.6 is 0 Å². The van der Waals surface area contributed by atoms with Crippen LogP contribution in [0.5, 0.6) is 0 Å². The maximum atomic E-state index is 13.0. The van der Waals surface area contributed by atoms with Crippen molar-refractivity contribution >= 4 is 17.7 Å². The van der Waals surface area contributed by atoms with Gasteiger partial charge < -0.3 is 15.5 Å². The predicted molar refractivity (Wildman–Crippen MR) is 115 cm³/mol. The van der Waals surface area contributed by atoms with Crippen LogP contribution < -0.4 is 10.6 Å². The number of likely N-dealkylation sites (tertiary alicyclic amines) is 1. The molecule has 5 heterocycles. The summed E-state index contributed by atoms with van der Waals surface area (Å²) in [6.07, 6.45) is 1.81. The Morgan fingerprint density at radius 2 is 1.97 bits per heavy atom. The third kappa shape index (κ3) is 4.63. The predicted octanol–water partition coefficient (Wildman–Crippen LogP) is 3.61. The molecule has 1 atom stereocenters. The quantitative estimate of drug-likeness (QED) is 0.755. The van der Waals surface area contributed by atoms with E-state index in [0.29, 0.717) is 29.5 Å². The lowest BCUT2D eigenvalue weighted by Crippen LogP contribution is -2.29. The van der Waals surface area contributed by atoms with Gasteiger partial charge in [0.2, 0.25) is 11.9 Å². The molecule has 4 aliphatic rings. The molecule has 2 aromatic heterocycles. The SMILES string of the molecule is CC(=O)N1CCC(C)C1.Nc1ncc(-c2ccnc(N3CC4CC3C4)n2)cc1C(F)(F)F. The molecule has 7 nitrogen and oxygen atoms in total. The number of hydrogen-bond acceptors (Lipinski definition) is 6. The Balaban J connectivity index is 0.000000230. The molecular weight excluding hydrogens is 421 g/mol. The van der Waals surface area contributed by atoms with Crippen LogP contribution in [0.2, 0.25) is 0 Å². The number of halogens is 3. The van der Waals surface area contributed by atoms with Crippen molar-refractivity contribution in [2.24, 2.45) is 11.8 Å². The third-order valence-corrected chi connectivity index (χ3v) is 6.40. The lowest BCUT2D eigenvalue weighted by molar-refractivity contribution is -0.137. The first kappa shape index (κ1) is 22.3. The topological polar surface area (TPSA) is 88.2 Å². The number of carbonyl (C=O) groups is 1. The van der Waals surface area contributed by atoms with Crippen LogP contribution in [0, 0.1) is 11.8 Å². The van der Waals surface area contributed by atoms with Crippen molar-refractivity contribution in [2.45, 2.75) is 45.3 Å². The van der Waals surface area contributed by atoms with E-state index in [-0.39, 0.29) is 11.5 Å². The summed E-state index contributed by atoms with van der Waals surface area (Å²) in [5, 5.41) is 0. The monoisotopic (exact) mass is 448 g/mol. The van der Waals surface area contributed by atoms with Gasteiger partial charge in [-0.15, -0.1) is 0 Å². The van der Waals surface area contributed by atoms with Crippen molar-refractivity contribution < 1.29 is 18.0 Å². The number of rotatable bonds is 2. The number of fused-ring (bicyclic) bond motifs is 1. The molecule has 1 saturated carbocycles. The standard InChI is InChI=1S/C15H14F3N5.C7H13NO/c16-15(17,18)11-5-9(6-21-13(11)19)12-1-2-20-14(22-12)23-7-8-3-10(23)4-8;1-6-3-4-8(5-6)7(2)9/h1-2,5-6,8,10H,3-4,7H2,(H2,19,21);6H,3-5H2,1-2H3. The van der Waals surface area contributed by atoms with Gasteiger partial charge in [0.05, 0.1) is 11.3 Å². The molecule has 0 spiro atoms. The number of anilines is 2. The molecule has 2 bridgehead atoms. The molecule has 0 aromatic carbocycles. The van der Waals surface area contributed by atoms with Crippen molar-refractivity contribution in [1.82, 2.24) is 19.9 Å². The molecule has 10 heteroatoms. The van der Waals surface area contributed by atoms with Gasteiger partial charge >= 0.3 is 6.18 Å². The maximum Gasteiger partial charge on any atom is 0.419 e. The molecule has 6 rings (SSSR count). The highest BCUT2D eigenvalue weighted by Crippen LogP contribution is 2.42. The van der Waals surface area contributed by atoms with Crippen molar-refractivity contribution in [3.63, 3.8) is 0 Å². The van der Waals surface area contributed by atoms with Gasteiger partial charge in [0.15, 0.2) is 0 Å². The highest BCUT2D eigenvalue weighted by atomic mass is 19.4. The summed E-state index contributed by atoms with van der Waals surface area (Å²) in [7, 11) is 0. The van der Waals surface area contributed by atoms with E-state index in [0.717, 1.165) is 38.5 Å². The average Bonchev–Trinajstić information content (AvgIpc) is 3.43. The third-order valence-electron chi connectivity index (χ3n) is 6.40. The molecule has 3 aliphatic heterocycles. The number of hydrogen-bond donors (Lipinski definition) is 1. The van der Waals surface area contributed by atoms with Crippen LogP contribution in [0.3, 0.4) is 0 Å². The normalized spacial score (nSPS) is 24.1. The Morgan fingerprint density at radius 3 is 2.50 bits per heavy atom. The average molecular weight is 448 g/mol. The van der Waals surface area contributed by atoms with E-state index in [1.165, 1.54) is 12.6 Å². The number of carbonyl (C=O) groups excluding carboxylic acids is 1. The fourth-order valence-corrected chi connectivity index (χ4v) is 4.49. The molecule has 2 aromatic rings. The van der Waals surface area contributed by atoms with Gasteiger partial charge in [0.25, 0.3) is 0 Å². The summed E-state index contributed by atoms with van der Waals surface area (Å²) < 4.78 is 38.9. The number of alkyl halides is 3. The maximum absolute atomic E-state index is 13.0. The zero-order valence-electron chi connectivity index (χ0n) is 18.1. The molecule has 4 fully saturated rings. The first-order chi connectivity index (χ1) is 15.1. The zero-order valence-corrected chi connectivity index (χ0v) is 18.1. The number of nitrogen functional groups attached to an aromatic ring is 1. The lowest BCUT2D eigenvalue weighted by atomic mass is 9.86. The van der Waals surface area contributed by atoms with Gasteiger partial charge in [-0.25, -0.2) is 15.0 Å². The largest absolute Gasteiger partial charge is 0.419 e. The van der Waals surface area contributed by atoms with E-state index < -0.39 is 17.6 Å². The van der Waals surface area contributed by atoms with Crippen molar-refractivity contribution in [3.8, 4) is 11.3 Å². The Morgan fingerprint density at radius 1 is 1.22 bits per heavy atom. The van der Waals surface area contributed by atoms with E-state index in [4.69, 9.17) is 5.73 Å². The highest BCUT2D eigenvalue weighted by molar-refractivity contribution is 5.73. The van der Waals surface area contributed by atoms with Gasteiger partial charge in [0, 0.05) is 50.6 Å². The molecule has 172 valence electrons. The van der Waals surface area contributed by atoms with Gasteiger partial charge in [-0.05, 0) is 43.2 Å². The van der Waals surface area contributed by atoms with Crippen LogP contribution in [0.4, 0.5) is 24.9 Å². The fraction of sp³-hybridized carbons (Fsp3) is 0.545. The summed E-state index contributed by atoms with van der Waals surface area (Å²) in [5.41, 5.74) is 5.08. The van der Waals surface area contributed by atoms with E-state index in [1.807, 2.05) is 4.90 Å². The van der Waals surface area contributed by atoms with Gasteiger partial charge in [-0.1, -0.05) is 6.92 Å². The van der Waals surface area contributed by atoms with Crippen molar-refractivity contribution in [3.05, 3.63) is 30.1 Å². The minimum Gasteiger partial charge on any atom is -0.383 e. The molecule has 1 unspecified atom stereocenters. The van der Waals surface area contributed by atoms with Crippen LogP contribution in [0.1, 0.15) is 38.7 Å². The molecule has 3 saturated heterocycles. The smallest absolute Gasteiger partial charge is 0.383 e.